The summed E-state index contributed by atoms with van der Waals surface area (Å²) in [6, 6.07) is 0. The molecule has 2 aliphatic rings. The molecule has 2 fully saturated rings. The third kappa shape index (κ3) is 4.85. The summed E-state index contributed by atoms with van der Waals surface area (Å²) in [7, 11) is -3.90. The molecular formula is C29H56O3Si2. The smallest absolute Gasteiger partial charge is 0.192 e. The molecule has 0 amide bonds. The molecule has 0 spiro atoms. The lowest BCUT2D eigenvalue weighted by molar-refractivity contribution is -0.189. The zero-order valence-corrected chi connectivity index (χ0v) is 26.9. The third-order valence-corrected chi connectivity index (χ3v) is 20.3. The molecule has 2 rings (SSSR count). The minimum Gasteiger partial charge on any atom is -0.416 e. The number of carbonyl (C=O) groups is 1. The van der Waals surface area contributed by atoms with Gasteiger partial charge in [0.25, 0.3) is 0 Å². The predicted molar refractivity (Wildman–Crippen MR) is 151 cm³/mol. The molecular weight excluding hydrogens is 452 g/mol. The van der Waals surface area contributed by atoms with E-state index in [1.165, 1.54) is 6.29 Å². The zero-order chi connectivity index (χ0) is 26.6. The highest BCUT2D eigenvalue weighted by Crippen LogP contribution is 2.66. The van der Waals surface area contributed by atoms with Crippen molar-refractivity contribution in [2.75, 3.05) is 6.61 Å². The molecule has 2 saturated carbocycles. The van der Waals surface area contributed by atoms with Gasteiger partial charge in [0, 0.05) is 17.4 Å². The van der Waals surface area contributed by atoms with E-state index in [4.69, 9.17) is 8.85 Å². The molecule has 0 heterocycles. The zero-order valence-electron chi connectivity index (χ0n) is 24.9. The first kappa shape index (κ1) is 30.0. The van der Waals surface area contributed by atoms with Crippen LogP contribution in [0.3, 0.4) is 0 Å². The Kier molecular flexibility index (Phi) is 8.16. The minimum absolute atomic E-state index is 0.0926. The first-order valence-electron chi connectivity index (χ1n) is 13.5. The monoisotopic (exact) mass is 508 g/mol. The van der Waals surface area contributed by atoms with E-state index in [0.717, 1.165) is 32.3 Å². The molecule has 5 heteroatoms. The van der Waals surface area contributed by atoms with Crippen LogP contribution < -0.4 is 0 Å². The molecule has 0 aromatic rings. The maximum absolute atomic E-state index is 12.7. The van der Waals surface area contributed by atoms with Crippen LogP contribution in [0, 0.1) is 28.1 Å². The standard InChI is InChI=1S/C29H56O3Si2/c1-15-22-16-17-23-27(8,21-31-33(11,12)25(2,3)4)24(32-34(13,14)26(5,6)7)18-19-28(23,9)29(22,10)20-30/h15,20,22-24H,1,16-19,21H2,2-14H3/t22-,23+,24+,27+,28+,29+/m1/s1. The Balaban J connectivity index is 2.57. The summed E-state index contributed by atoms with van der Waals surface area (Å²) in [4.78, 5) is 12.7. The van der Waals surface area contributed by atoms with Gasteiger partial charge in [0.1, 0.15) is 6.29 Å². The molecule has 34 heavy (non-hydrogen) atoms. The van der Waals surface area contributed by atoms with E-state index in [1.807, 2.05) is 6.08 Å². The Hall–Kier alpha value is -0.236. The number of hydrogen-bond donors (Lipinski definition) is 0. The molecule has 0 N–H and O–H groups in total. The molecule has 0 saturated heterocycles. The fraction of sp³-hybridized carbons (Fsp3) is 0.897. The molecule has 0 aliphatic heterocycles. The highest BCUT2D eigenvalue weighted by molar-refractivity contribution is 6.74. The van der Waals surface area contributed by atoms with Crippen LogP contribution in [0.25, 0.3) is 0 Å². The predicted octanol–water partition coefficient (Wildman–Crippen LogP) is 8.62. The summed E-state index contributed by atoms with van der Waals surface area (Å²) >= 11 is 0. The van der Waals surface area contributed by atoms with Gasteiger partial charge in [-0.25, -0.2) is 0 Å². The average molecular weight is 509 g/mol. The van der Waals surface area contributed by atoms with Crippen LogP contribution in [-0.4, -0.2) is 35.6 Å². The van der Waals surface area contributed by atoms with Gasteiger partial charge in [-0.15, -0.1) is 6.58 Å². The Bertz CT molecular complexity index is 762. The van der Waals surface area contributed by atoms with Gasteiger partial charge in [0.2, 0.25) is 0 Å². The van der Waals surface area contributed by atoms with Crippen molar-refractivity contribution in [1.29, 1.82) is 0 Å². The van der Waals surface area contributed by atoms with Crippen molar-refractivity contribution >= 4 is 22.9 Å². The van der Waals surface area contributed by atoms with E-state index in [-0.39, 0.29) is 32.9 Å². The van der Waals surface area contributed by atoms with Gasteiger partial charge in [-0.2, -0.15) is 0 Å². The van der Waals surface area contributed by atoms with Crippen molar-refractivity contribution in [3.05, 3.63) is 12.7 Å². The molecule has 2 aliphatic carbocycles. The van der Waals surface area contributed by atoms with Gasteiger partial charge >= 0.3 is 0 Å². The van der Waals surface area contributed by atoms with Crippen molar-refractivity contribution in [1.82, 2.24) is 0 Å². The van der Waals surface area contributed by atoms with Crippen LogP contribution in [-0.2, 0) is 13.6 Å². The van der Waals surface area contributed by atoms with E-state index >= 15 is 0 Å². The van der Waals surface area contributed by atoms with Crippen LogP contribution in [0.1, 0.15) is 88.0 Å². The summed E-state index contributed by atoms with van der Waals surface area (Å²) < 4.78 is 14.2. The van der Waals surface area contributed by atoms with Crippen molar-refractivity contribution < 1.29 is 13.6 Å². The first-order valence-corrected chi connectivity index (χ1v) is 19.4. The molecule has 0 aromatic carbocycles. The summed E-state index contributed by atoms with van der Waals surface area (Å²) in [6.45, 7) is 35.2. The lowest BCUT2D eigenvalue weighted by atomic mass is 9.41. The normalized spacial score (nSPS) is 37.7. The largest absolute Gasteiger partial charge is 0.416 e. The number of fused-ring (bicyclic) bond motifs is 1. The first-order chi connectivity index (χ1) is 15.1. The second-order valence-corrected chi connectivity index (χ2v) is 24.8. The molecule has 0 radical (unpaired) electrons. The average Bonchev–Trinajstić information content (AvgIpc) is 2.68. The number of carbonyl (C=O) groups excluding carboxylic acids is 1. The minimum atomic E-state index is -1.97. The van der Waals surface area contributed by atoms with Crippen molar-refractivity contribution in [3.8, 4) is 0 Å². The van der Waals surface area contributed by atoms with Crippen molar-refractivity contribution in [3.63, 3.8) is 0 Å². The second kappa shape index (κ2) is 9.26. The fourth-order valence-corrected chi connectivity index (χ4v) is 8.86. The molecule has 0 bridgehead atoms. The lowest BCUT2D eigenvalue weighted by Crippen LogP contribution is -2.65. The summed E-state index contributed by atoms with van der Waals surface area (Å²) in [5.41, 5.74) is -0.628. The Labute approximate surface area is 214 Å². The molecule has 198 valence electrons. The second-order valence-electron chi connectivity index (χ2n) is 15.3. The van der Waals surface area contributed by atoms with Gasteiger partial charge in [-0.1, -0.05) is 68.4 Å². The molecule has 3 nitrogen and oxygen atoms in total. The maximum Gasteiger partial charge on any atom is 0.192 e. The van der Waals surface area contributed by atoms with Crippen LogP contribution in [0.4, 0.5) is 0 Å². The van der Waals surface area contributed by atoms with Crippen LogP contribution in [0.15, 0.2) is 12.7 Å². The molecule has 0 unspecified atom stereocenters. The third-order valence-electron chi connectivity index (χ3n) is 11.3. The Morgan fingerprint density at radius 3 is 1.88 bits per heavy atom. The van der Waals surface area contributed by atoms with E-state index in [9.17, 15) is 4.79 Å². The van der Waals surface area contributed by atoms with Crippen LogP contribution in [0.5, 0.6) is 0 Å². The van der Waals surface area contributed by atoms with Crippen molar-refractivity contribution in [2.45, 2.75) is 130 Å². The van der Waals surface area contributed by atoms with Crippen LogP contribution >= 0.6 is 0 Å². The van der Waals surface area contributed by atoms with E-state index < -0.39 is 22.0 Å². The highest BCUT2D eigenvalue weighted by atomic mass is 28.4. The summed E-state index contributed by atoms with van der Waals surface area (Å²) in [5, 5.41) is 0.321. The SMILES string of the molecule is C=C[C@@H]1CC[C@H]2[C@](C)(CO[Si](C)(C)C(C)(C)C)[C@@H](O[Si](C)(C)C(C)(C)C)CC[C@]2(C)[C@@]1(C)C=O. The fourth-order valence-electron chi connectivity index (χ4n) is 6.31. The topological polar surface area (TPSA) is 35.5 Å². The quantitative estimate of drug-likeness (QED) is 0.196. The van der Waals surface area contributed by atoms with Gasteiger partial charge in [0.05, 0.1) is 6.10 Å². The van der Waals surface area contributed by atoms with Gasteiger partial charge < -0.3 is 13.6 Å². The Morgan fingerprint density at radius 1 is 0.912 bits per heavy atom. The van der Waals surface area contributed by atoms with Gasteiger partial charge in [-0.05, 0) is 79.2 Å². The highest BCUT2D eigenvalue weighted by Gasteiger charge is 2.64. The summed E-state index contributed by atoms with van der Waals surface area (Å²) in [6.07, 6.45) is 7.59. The number of allylic oxidation sites excluding steroid dienone is 1. The molecule has 6 atom stereocenters. The van der Waals surface area contributed by atoms with Crippen molar-refractivity contribution in [2.24, 2.45) is 28.1 Å². The van der Waals surface area contributed by atoms with E-state index in [2.05, 4.69) is 95.1 Å². The van der Waals surface area contributed by atoms with E-state index in [0.29, 0.717) is 5.92 Å². The number of aldehydes is 1. The number of hydrogen-bond acceptors (Lipinski definition) is 3. The maximum atomic E-state index is 12.7. The molecule has 0 aromatic heterocycles. The lowest BCUT2D eigenvalue weighted by Gasteiger charge is -2.65. The number of rotatable bonds is 7. The van der Waals surface area contributed by atoms with Gasteiger partial charge in [-0.3, -0.25) is 0 Å². The van der Waals surface area contributed by atoms with Crippen LogP contribution in [0.2, 0.25) is 36.3 Å². The summed E-state index contributed by atoms with van der Waals surface area (Å²) in [5.74, 6) is 0.606. The van der Waals surface area contributed by atoms with Gasteiger partial charge in [0.15, 0.2) is 16.6 Å². The Morgan fingerprint density at radius 2 is 1.44 bits per heavy atom. The van der Waals surface area contributed by atoms with E-state index in [1.54, 1.807) is 0 Å².